The molecule has 0 atom stereocenters. The third-order valence-corrected chi connectivity index (χ3v) is 6.20. The average Bonchev–Trinajstić information content (AvgIpc) is 2.88. The zero-order valence-electron chi connectivity index (χ0n) is 23.5. The van der Waals surface area contributed by atoms with E-state index in [1.165, 1.54) is 6.07 Å². The van der Waals surface area contributed by atoms with Gasteiger partial charge < -0.3 is 41.7 Å². The van der Waals surface area contributed by atoms with Crippen LogP contribution in [0.5, 0.6) is 0 Å². The molecule has 228 valence electrons. The topological polar surface area (TPSA) is 266 Å². The number of hydrogen-bond acceptors (Lipinski definition) is 8. The Hall–Kier alpha value is -3.59. The summed E-state index contributed by atoms with van der Waals surface area (Å²) >= 11 is 0. The summed E-state index contributed by atoms with van der Waals surface area (Å²) in [7, 11) is 0.908. The Kier molecular flexibility index (Phi) is 14.6. The molecule has 0 saturated heterocycles. The van der Waals surface area contributed by atoms with Crippen LogP contribution in [0.2, 0.25) is 0 Å². The van der Waals surface area contributed by atoms with Crippen molar-refractivity contribution in [3.05, 3.63) is 53.1 Å². The Morgan fingerprint density at radius 3 is 1.25 bits per heavy atom. The molecule has 2 aromatic carbocycles. The molecule has 0 aliphatic heterocycles. The minimum atomic E-state index is -3.68. The summed E-state index contributed by atoms with van der Waals surface area (Å²) in [6.45, 7) is 5.04. The van der Waals surface area contributed by atoms with Gasteiger partial charge in [0.2, 0.25) is 0 Å². The second-order valence-electron chi connectivity index (χ2n) is 8.82. The number of anilines is 3. The van der Waals surface area contributed by atoms with Gasteiger partial charge in [-0.2, -0.15) is 11.4 Å². The maximum absolute atomic E-state index is 13.0. The van der Waals surface area contributed by atoms with Gasteiger partial charge in [0.25, 0.3) is 23.6 Å². The number of carboxylic acids is 4. The number of amides is 4. The van der Waals surface area contributed by atoms with Crippen molar-refractivity contribution >= 4 is 64.6 Å². The van der Waals surface area contributed by atoms with Gasteiger partial charge in [0.05, 0.1) is 0 Å². The predicted octanol–water partition coefficient (Wildman–Crippen LogP) is -0.220. The van der Waals surface area contributed by atoms with Crippen molar-refractivity contribution < 1.29 is 124 Å². The maximum Gasteiger partial charge on any atom is 0.340 e. The second kappa shape index (κ2) is 15.9. The van der Waals surface area contributed by atoms with Crippen LogP contribution >= 0.6 is 0 Å². The Morgan fingerprint density at radius 2 is 0.909 bits per heavy atom. The van der Waals surface area contributed by atoms with Crippen LogP contribution < -0.4 is 21.3 Å². The van der Waals surface area contributed by atoms with Crippen LogP contribution in [-0.2, 0) is 104 Å². The first-order chi connectivity index (χ1) is 19.5. The molecule has 2 radical (unpaired) electrons. The minimum Gasteiger partial charge on any atom is -0.480 e. The van der Waals surface area contributed by atoms with Gasteiger partial charge in [0.15, 0.2) is 0 Å². The van der Waals surface area contributed by atoms with E-state index >= 15 is 0 Å². The first kappa shape index (κ1) is 40.4. The average molecular weight is 762 g/mol. The van der Waals surface area contributed by atoms with E-state index in [9.17, 15) is 58.8 Å². The summed E-state index contributed by atoms with van der Waals surface area (Å²) < 4.78 is 0. The molecule has 0 unspecified atom stereocenters. The van der Waals surface area contributed by atoms with Crippen molar-refractivity contribution in [2.45, 2.75) is 20.8 Å². The van der Waals surface area contributed by atoms with Gasteiger partial charge in [-0.15, -0.1) is 0 Å². The van der Waals surface area contributed by atoms with Crippen LogP contribution in [0.3, 0.4) is 0 Å². The van der Waals surface area contributed by atoms with Gasteiger partial charge in [0, 0.05) is 78.2 Å². The molecule has 4 amide bonds. The van der Waals surface area contributed by atoms with Crippen molar-refractivity contribution in [3.63, 3.8) is 0 Å². The van der Waals surface area contributed by atoms with Gasteiger partial charge in [-0.3, -0.25) is 43.4 Å². The van der Waals surface area contributed by atoms with Crippen LogP contribution in [0.1, 0.15) is 16.7 Å². The molecule has 0 saturated carbocycles. The molecular weight excluding hydrogens is 738 g/mol. The molecule has 0 fully saturated rings. The Morgan fingerprint density at radius 1 is 0.568 bits per heavy atom. The number of carboxylic acid groups (broad SMARTS) is 4. The van der Waals surface area contributed by atoms with E-state index in [4.69, 9.17) is 0 Å². The van der Waals surface area contributed by atoms with E-state index in [0.717, 1.165) is 24.7 Å². The van der Waals surface area contributed by atoms with E-state index in [0.29, 0.717) is 11.1 Å². The molecule has 18 heteroatoms. The fourth-order valence-electron chi connectivity index (χ4n) is 3.62. The van der Waals surface area contributed by atoms with Gasteiger partial charge >= 0.3 is 34.7 Å². The molecule has 16 nitrogen and oxygen atoms in total. The summed E-state index contributed by atoms with van der Waals surface area (Å²) in [4.78, 5) is 98.0. The summed E-state index contributed by atoms with van der Waals surface area (Å²) in [6, 6.07) is 9.34. The minimum absolute atomic E-state index is 0. The van der Waals surface area contributed by atoms with E-state index in [1.807, 2.05) is 10.6 Å². The zero-order valence-corrected chi connectivity index (χ0v) is 29.2. The molecular formula is C26H24N4O12Y2-2. The number of nitrogens with one attached hydrogen (secondary N) is 4. The van der Waals surface area contributed by atoms with Crippen molar-refractivity contribution in [1.82, 2.24) is 5.32 Å². The molecule has 0 aliphatic rings. The van der Waals surface area contributed by atoms with Gasteiger partial charge in [-0.1, -0.05) is 6.07 Å². The smallest absolute Gasteiger partial charge is 0.340 e. The number of aliphatic carboxylic acids is 4. The Balaban J connectivity index is 0.00000924. The van der Waals surface area contributed by atoms with Gasteiger partial charge in [-0.25, -0.2) is 19.2 Å². The van der Waals surface area contributed by atoms with E-state index in [1.54, 1.807) is 32.2 Å². The first-order valence-electron chi connectivity index (χ1n) is 11.6. The van der Waals surface area contributed by atoms with E-state index < -0.39 is 69.7 Å². The van der Waals surface area contributed by atoms with Crippen LogP contribution in [0.15, 0.2) is 24.3 Å². The quantitative estimate of drug-likeness (QED) is 0.109. The number of benzene rings is 2. The number of carbonyl (C=O) groups excluding carboxylic acids is 4. The van der Waals surface area contributed by atoms with Crippen LogP contribution in [-0.4, -0.2) is 75.0 Å². The fraction of sp³-hybridized carbons (Fsp3) is 0.231. The van der Waals surface area contributed by atoms with Crippen molar-refractivity contribution in [1.29, 1.82) is 0 Å². The summed E-state index contributed by atoms with van der Waals surface area (Å²) in [5, 5.41) is 45.9. The number of rotatable bonds is 11. The standard InChI is InChI=1S/C26H24N4O12.2Y/c1-11-9-13(3)16(10-12(11)2)30-20(34)26(23(39)40,24(41)42)19(33)29-15-7-5-14(6-8-15)28-18(32)25(21(35)36,22(37)38)17(31)27-4;;/h5,8-10H,1-4H3,(H,27,31)(H,28,32)(H,29,33)(H,30,34)(H,35,36)(H,37,38)(H,39,40)(H,41,42);;/q-2;;. The molecule has 0 spiro atoms. The third kappa shape index (κ3) is 7.54. The first-order valence-corrected chi connectivity index (χ1v) is 11.6. The van der Waals surface area contributed by atoms with Crippen molar-refractivity contribution in [3.8, 4) is 0 Å². The maximum atomic E-state index is 13.0. The molecule has 0 aliphatic carbocycles. The predicted molar refractivity (Wildman–Crippen MR) is 140 cm³/mol. The molecule has 0 heterocycles. The number of aryl methyl sites for hydroxylation is 3. The van der Waals surface area contributed by atoms with Gasteiger partial charge in [0.1, 0.15) is 0 Å². The summed E-state index contributed by atoms with van der Waals surface area (Å²) in [5.74, 6) is -16.2. The number of carbonyl (C=O) groups is 8. The largest absolute Gasteiger partial charge is 0.480 e. The van der Waals surface area contributed by atoms with Crippen molar-refractivity contribution in [2.24, 2.45) is 10.8 Å². The summed E-state index contributed by atoms with van der Waals surface area (Å²) in [5.41, 5.74) is -6.10. The number of hydrogen-bond donors (Lipinski definition) is 8. The van der Waals surface area contributed by atoms with Crippen LogP contribution in [0, 0.1) is 43.7 Å². The summed E-state index contributed by atoms with van der Waals surface area (Å²) in [6.07, 6.45) is 0. The zero-order chi connectivity index (χ0) is 32.2. The van der Waals surface area contributed by atoms with E-state index in [-0.39, 0.29) is 71.1 Å². The van der Waals surface area contributed by atoms with E-state index in [2.05, 4.69) is 17.4 Å². The third-order valence-electron chi connectivity index (χ3n) is 6.20. The Labute approximate surface area is 299 Å². The second-order valence-corrected chi connectivity index (χ2v) is 8.82. The molecule has 44 heavy (non-hydrogen) atoms. The fourth-order valence-corrected chi connectivity index (χ4v) is 3.62. The Bertz CT molecular complexity index is 1500. The van der Waals surface area contributed by atoms with Crippen molar-refractivity contribution in [2.75, 3.05) is 23.0 Å². The molecule has 8 N–H and O–H groups in total. The molecule has 0 aromatic heterocycles. The van der Waals surface area contributed by atoms with Crippen LogP contribution in [0.4, 0.5) is 17.1 Å². The van der Waals surface area contributed by atoms with Gasteiger partial charge in [-0.05, 0) is 43.5 Å². The monoisotopic (exact) mass is 762 g/mol. The SMILES string of the molecule is CNC(=O)C(C(=O)O)(C(=O)O)C(=O)Nc1[c-]cc(NC(=O)C(C(=O)O)(C(=O)O)C(=O)Nc2cc(C)c(C)cc2C)[c-]c1.[Y].[Y]. The normalized spacial score (nSPS) is 10.5. The molecule has 2 rings (SSSR count). The molecule has 2 aromatic rings. The molecule has 0 bridgehead atoms. The van der Waals surface area contributed by atoms with Crippen LogP contribution in [0.25, 0.3) is 0 Å².